The number of hydrogen-bond donors (Lipinski definition) is 0. The number of carbonyl (C=O) groups excluding carboxylic acids is 1. The van der Waals surface area contributed by atoms with E-state index in [1.54, 1.807) is 0 Å². The molecule has 1 atom stereocenters. The van der Waals surface area contributed by atoms with Crippen molar-refractivity contribution < 1.29 is 52.2 Å². The van der Waals surface area contributed by atoms with Gasteiger partial charge in [0.2, 0.25) is 21.1 Å². The van der Waals surface area contributed by atoms with Gasteiger partial charge in [0, 0.05) is 5.56 Å². The predicted octanol–water partition coefficient (Wildman–Crippen LogP) is 3.55. The molecule has 0 aliphatic heterocycles. The molecular formula is C16H10F6O6S2. The lowest BCUT2D eigenvalue weighted by molar-refractivity contribution is -0.137. The molecule has 2 rings (SSSR count). The smallest absolute Gasteiger partial charge is 0.290 e. The molecule has 164 valence electrons. The van der Waals surface area contributed by atoms with Crippen molar-refractivity contribution in [3.05, 3.63) is 65.7 Å². The zero-order valence-electron chi connectivity index (χ0n) is 14.3. The molecule has 30 heavy (non-hydrogen) atoms. The lowest BCUT2D eigenvalue weighted by Gasteiger charge is -2.18. The molecule has 2 aromatic rings. The van der Waals surface area contributed by atoms with Crippen molar-refractivity contribution in [1.82, 2.24) is 0 Å². The van der Waals surface area contributed by atoms with Gasteiger partial charge in [0.15, 0.2) is 0 Å². The number of carbonyl (C=O) groups is 1. The van der Waals surface area contributed by atoms with Gasteiger partial charge in [-0.15, -0.1) is 0 Å². The van der Waals surface area contributed by atoms with Crippen LogP contribution >= 0.6 is 0 Å². The maximum atomic E-state index is 12.7. The van der Waals surface area contributed by atoms with Crippen molar-refractivity contribution in [2.24, 2.45) is 0 Å². The average molecular weight is 476 g/mol. The van der Waals surface area contributed by atoms with E-state index in [1.165, 1.54) is 18.2 Å². The Hall–Kier alpha value is -2.45. The SMILES string of the molecule is O=C(c1ccccc1)C(OS(=O)(=O)C(F)(F)F)S(=O)(=O)c1ccc(C(F)(F)F)cc1. The number of Topliss-reactive ketones (excluding diaryl/α,β-unsaturated/α-hetero) is 1. The Bertz CT molecular complexity index is 1120. The Labute approximate surface area is 166 Å². The zero-order valence-corrected chi connectivity index (χ0v) is 15.9. The molecule has 0 heterocycles. The van der Waals surface area contributed by atoms with Gasteiger partial charge in [0.25, 0.3) is 0 Å². The van der Waals surface area contributed by atoms with Crippen LogP contribution in [0.15, 0.2) is 59.5 Å². The molecule has 1 unspecified atom stereocenters. The molecule has 0 saturated heterocycles. The molecule has 0 radical (unpaired) electrons. The number of rotatable bonds is 6. The van der Waals surface area contributed by atoms with Crippen LogP contribution in [0.4, 0.5) is 26.3 Å². The van der Waals surface area contributed by atoms with E-state index in [-0.39, 0.29) is 0 Å². The van der Waals surface area contributed by atoms with Crippen LogP contribution in [0, 0.1) is 0 Å². The first-order chi connectivity index (χ1) is 13.6. The summed E-state index contributed by atoms with van der Waals surface area (Å²) in [6.07, 6.45) is -4.85. The van der Waals surface area contributed by atoms with Crippen LogP contribution < -0.4 is 0 Å². The summed E-state index contributed by atoms with van der Waals surface area (Å²) < 4.78 is 128. The van der Waals surface area contributed by atoms with Gasteiger partial charge in [0.1, 0.15) is 0 Å². The maximum Gasteiger partial charge on any atom is 0.523 e. The second-order valence-corrected chi connectivity index (χ2v) is 9.18. The summed E-state index contributed by atoms with van der Waals surface area (Å²) in [5.41, 5.74) is -11.1. The van der Waals surface area contributed by atoms with Crippen molar-refractivity contribution in [3.63, 3.8) is 0 Å². The molecule has 14 heteroatoms. The van der Waals surface area contributed by atoms with Gasteiger partial charge in [0.05, 0.1) is 10.5 Å². The fraction of sp³-hybridized carbons (Fsp3) is 0.188. The van der Waals surface area contributed by atoms with Crippen LogP contribution in [0.2, 0.25) is 0 Å². The van der Waals surface area contributed by atoms with E-state index < -0.39 is 58.9 Å². The standard InChI is InChI=1S/C16H10F6O6S2/c17-15(18,19)11-6-8-12(9-7-11)29(24,25)14(28-30(26,27)16(20,21)22)13(23)10-4-2-1-3-5-10/h1-9,14H. The van der Waals surface area contributed by atoms with Gasteiger partial charge in [-0.25, -0.2) is 12.6 Å². The second kappa shape index (κ2) is 8.00. The molecule has 0 saturated carbocycles. The highest BCUT2D eigenvalue weighted by molar-refractivity contribution is 7.94. The van der Waals surface area contributed by atoms with Gasteiger partial charge in [-0.3, -0.25) is 4.79 Å². The number of halogens is 6. The van der Waals surface area contributed by atoms with Crippen LogP contribution in [0.5, 0.6) is 0 Å². The number of ketones is 1. The summed E-state index contributed by atoms with van der Waals surface area (Å²) >= 11 is 0. The number of benzene rings is 2. The largest absolute Gasteiger partial charge is 0.523 e. The molecule has 0 fully saturated rings. The monoisotopic (exact) mass is 476 g/mol. The van der Waals surface area contributed by atoms with Crippen molar-refractivity contribution in [2.45, 2.75) is 22.0 Å². The number of hydrogen-bond acceptors (Lipinski definition) is 6. The normalized spacial score (nSPS) is 14.3. The molecule has 0 spiro atoms. The third kappa shape index (κ3) is 4.99. The summed E-state index contributed by atoms with van der Waals surface area (Å²) in [4.78, 5) is 11.4. The van der Waals surface area contributed by atoms with E-state index in [9.17, 15) is 48.0 Å². The molecule has 0 N–H and O–H groups in total. The van der Waals surface area contributed by atoms with E-state index >= 15 is 0 Å². The van der Waals surface area contributed by atoms with Crippen LogP contribution in [0.1, 0.15) is 15.9 Å². The lowest BCUT2D eigenvalue weighted by atomic mass is 10.1. The number of alkyl halides is 6. The van der Waals surface area contributed by atoms with Gasteiger partial charge < -0.3 is 0 Å². The molecular weight excluding hydrogens is 466 g/mol. The van der Waals surface area contributed by atoms with Crippen molar-refractivity contribution in [1.29, 1.82) is 0 Å². The van der Waals surface area contributed by atoms with Gasteiger partial charge in [-0.1, -0.05) is 30.3 Å². The van der Waals surface area contributed by atoms with Gasteiger partial charge in [-0.05, 0) is 24.3 Å². The second-order valence-electron chi connectivity index (χ2n) is 5.63. The summed E-state index contributed by atoms with van der Waals surface area (Å²) in [5, 5.41) is 0. The van der Waals surface area contributed by atoms with Crippen molar-refractivity contribution in [2.75, 3.05) is 0 Å². The highest BCUT2D eigenvalue weighted by Gasteiger charge is 2.52. The Balaban J connectivity index is 2.59. The average Bonchev–Trinajstić information content (AvgIpc) is 2.64. The Morgan fingerprint density at radius 3 is 1.73 bits per heavy atom. The first kappa shape index (κ1) is 23.8. The molecule has 2 aromatic carbocycles. The quantitative estimate of drug-likeness (QED) is 0.274. The summed E-state index contributed by atoms with van der Waals surface area (Å²) in [5.74, 6) is -1.66. The van der Waals surface area contributed by atoms with E-state index in [2.05, 4.69) is 4.18 Å². The minimum atomic E-state index is -6.55. The first-order valence-electron chi connectivity index (χ1n) is 7.57. The molecule has 0 aliphatic carbocycles. The summed E-state index contributed by atoms with van der Waals surface area (Å²) in [7, 11) is -11.9. The van der Waals surface area contributed by atoms with Crippen LogP contribution in [0.3, 0.4) is 0 Å². The predicted molar refractivity (Wildman–Crippen MR) is 89.3 cm³/mol. The van der Waals surface area contributed by atoms with Crippen LogP contribution in [0.25, 0.3) is 0 Å². The minimum absolute atomic E-state index is 0.301. The van der Waals surface area contributed by atoms with E-state index in [0.29, 0.717) is 24.3 Å². The minimum Gasteiger partial charge on any atom is -0.290 e. The Kier molecular flexibility index (Phi) is 6.35. The topological polar surface area (TPSA) is 94.6 Å². The lowest BCUT2D eigenvalue weighted by Crippen LogP contribution is -2.39. The van der Waals surface area contributed by atoms with Crippen molar-refractivity contribution >= 4 is 25.7 Å². The van der Waals surface area contributed by atoms with E-state index in [1.807, 2.05) is 0 Å². The molecule has 0 amide bonds. The van der Waals surface area contributed by atoms with Crippen LogP contribution in [-0.2, 0) is 30.3 Å². The number of sulfone groups is 1. The first-order valence-corrected chi connectivity index (χ1v) is 10.5. The fourth-order valence-electron chi connectivity index (χ4n) is 2.10. The summed E-state index contributed by atoms with van der Waals surface area (Å²) in [6.45, 7) is 0. The molecule has 0 bridgehead atoms. The highest BCUT2D eigenvalue weighted by atomic mass is 32.2. The molecule has 6 nitrogen and oxygen atoms in total. The third-order valence-electron chi connectivity index (χ3n) is 3.56. The van der Waals surface area contributed by atoms with Gasteiger partial charge in [-0.2, -0.15) is 34.8 Å². The van der Waals surface area contributed by atoms with E-state index in [4.69, 9.17) is 0 Å². The Morgan fingerprint density at radius 1 is 0.800 bits per heavy atom. The van der Waals surface area contributed by atoms with Crippen LogP contribution in [-0.4, -0.2) is 33.6 Å². The fourth-order valence-corrected chi connectivity index (χ4v) is 4.43. The highest BCUT2D eigenvalue weighted by Crippen LogP contribution is 2.32. The third-order valence-corrected chi connectivity index (χ3v) is 6.50. The van der Waals surface area contributed by atoms with E-state index in [0.717, 1.165) is 12.1 Å². The van der Waals surface area contributed by atoms with Crippen molar-refractivity contribution in [3.8, 4) is 0 Å². The van der Waals surface area contributed by atoms with Gasteiger partial charge >= 0.3 is 21.8 Å². The zero-order chi connectivity index (χ0) is 23.0. The maximum absolute atomic E-state index is 12.7. The summed E-state index contributed by atoms with van der Waals surface area (Å²) in [6, 6.07) is 7.12. The Morgan fingerprint density at radius 2 is 1.30 bits per heavy atom. The molecule has 0 aliphatic rings. The molecule has 0 aromatic heterocycles.